The third-order valence-electron chi connectivity index (χ3n) is 2.55. The van der Waals surface area contributed by atoms with Gasteiger partial charge in [0.1, 0.15) is 5.82 Å². The first-order chi connectivity index (χ1) is 8.26. The van der Waals surface area contributed by atoms with E-state index in [2.05, 4.69) is 5.32 Å². The zero-order chi connectivity index (χ0) is 13.8. The Bertz CT molecular complexity index is 367. The fraction of sp³-hybridized carbons (Fsp3) is 0.538. The molecule has 5 heteroatoms. The molecule has 0 radical (unpaired) electrons. The van der Waals surface area contributed by atoms with Crippen molar-refractivity contribution in [3.63, 3.8) is 0 Å². The van der Waals surface area contributed by atoms with Gasteiger partial charge in [-0.2, -0.15) is 13.2 Å². The van der Waals surface area contributed by atoms with E-state index in [9.17, 15) is 17.6 Å². The lowest BCUT2D eigenvalue weighted by Crippen LogP contribution is -2.17. The fourth-order valence-corrected chi connectivity index (χ4v) is 1.79. The van der Waals surface area contributed by atoms with Crippen LogP contribution in [-0.4, -0.2) is 12.2 Å². The standard InChI is InChI=1S/C13H17F4N/c1-9-6-11(14)8-12(7-9)18-10(2)4-3-5-13(15,16)17/h6-8,10,18H,3-5H2,1-2H3. The van der Waals surface area contributed by atoms with E-state index in [4.69, 9.17) is 0 Å². The van der Waals surface area contributed by atoms with E-state index in [1.54, 1.807) is 19.9 Å². The number of hydrogen-bond donors (Lipinski definition) is 1. The smallest absolute Gasteiger partial charge is 0.383 e. The summed E-state index contributed by atoms with van der Waals surface area (Å²) < 4.78 is 49.0. The van der Waals surface area contributed by atoms with Crippen LogP contribution in [0.3, 0.4) is 0 Å². The molecule has 0 aliphatic rings. The Kier molecular flexibility index (Phi) is 4.99. The summed E-state index contributed by atoms with van der Waals surface area (Å²) in [6.45, 7) is 3.55. The lowest BCUT2D eigenvalue weighted by Gasteiger charge is -2.16. The summed E-state index contributed by atoms with van der Waals surface area (Å²) in [5.41, 5.74) is 1.38. The predicted molar refractivity (Wildman–Crippen MR) is 64.1 cm³/mol. The third kappa shape index (κ3) is 5.89. The SMILES string of the molecule is Cc1cc(F)cc(NC(C)CCCC(F)(F)F)c1. The average Bonchev–Trinajstić information content (AvgIpc) is 2.12. The molecule has 1 rings (SSSR count). The number of rotatable bonds is 5. The van der Waals surface area contributed by atoms with Gasteiger partial charge in [0.15, 0.2) is 0 Å². The van der Waals surface area contributed by atoms with Gasteiger partial charge in [0.2, 0.25) is 0 Å². The summed E-state index contributed by atoms with van der Waals surface area (Å²) in [5.74, 6) is -0.347. The predicted octanol–water partition coefficient (Wildman–Crippen LogP) is 4.67. The van der Waals surface area contributed by atoms with Crippen LogP contribution in [0.4, 0.5) is 23.2 Å². The van der Waals surface area contributed by atoms with E-state index in [0.29, 0.717) is 12.1 Å². The van der Waals surface area contributed by atoms with Gasteiger partial charge < -0.3 is 5.32 Å². The summed E-state index contributed by atoms with van der Waals surface area (Å²) in [7, 11) is 0. The zero-order valence-electron chi connectivity index (χ0n) is 10.4. The molecule has 0 heterocycles. The molecule has 0 spiro atoms. The molecule has 1 nitrogen and oxygen atoms in total. The van der Waals surface area contributed by atoms with Gasteiger partial charge >= 0.3 is 6.18 Å². The molecule has 0 fully saturated rings. The van der Waals surface area contributed by atoms with Crippen LogP contribution in [0.2, 0.25) is 0 Å². The lowest BCUT2D eigenvalue weighted by atomic mass is 10.1. The van der Waals surface area contributed by atoms with Crippen LogP contribution in [0.25, 0.3) is 0 Å². The molecule has 102 valence electrons. The van der Waals surface area contributed by atoms with E-state index >= 15 is 0 Å². The molecule has 1 atom stereocenters. The highest BCUT2D eigenvalue weighted by atomic mass is 19.4. The van der Waals surface area contributed by atoms with Crippen molar-refractivity contribution in [3.05, 3.63) is 29.6 Å². The first-order valence-electron chi connectivity index (χ1n) is 5.87. The first kappa shape index (κ1) is 14.8. The Balaban J connectivity index is 2.42. The minimum Gasteiger partial charge on any atom is -0.383 e. The molecule has 1 aromatic carbocycles. The summed E-state index contributed by atoms with van der Waals surface area (Å²) in [5, 5.41) is 3.00. The molecule has 1 aromatic rings. The Morgan fingerprint density at radius 2 is 1.89 bits per heavy atom. The molecule has 1 unspecified atom stereocenters. The molecular formula is C13H17F4N. The summed E-state index contributed by atoms with van der Waals surface area (Å²) in [6.07, 6.45) is -4.41. The van der Waals surface area contributed by atoms with Gasteiger partial charge in [0.25, 0.3) is 0 Å². The second-order valence-electron chi connectivity index (χ2n) is 4.57. The maximum atomic E-state index is 13.1. The maximum Gasteiger partial charge on any atom is 0.389 e. The van der Waals surface area contributed by atoms with E-state index in [-0.39, 0.29) is 18.3 Å². The van der Waals surface area contributed by atoms with Crippen LogP contribution in [-0.2, 0) is 0 Å². The summed E-state index contributed by atoms with van der Waals surface area (Å²) in [6, 6.07) is 4.39. The monoisotopic (exact) mass is 263 g/mol. The van der Waals surface area contributed by atoms with Crippen molar-refractivity contribution >= 4 is 5.69 Å². The van der Waals surface area contributed by atoms with Gasteiger partial charge in [0, 0.05) is 18.2 Å². The molecule has 0 amide bonds. The van der Waals surface area contributed by atoms with Crippen LogP contribution in [0, 0.1) is 12.7 Å². The van der Waals surface area contributed by atoms with Crippen LogP contribution in [0.5, 0.6) is 0 Å². The minimum atomic E-state index is -4.10. The van der Waals surface area contributed by atoms with Crippen molar-refractivity contribution in [1.29, 1.82) is 0 Å². The second-order valence-corrected chi connectivity index (χ2v) is 4.57. The Morgan fingerprint density at radius 3 is 2.44 bits per heavy atom. The van der Waals surface area contributed by atoms with Crippen LogP contribution in [0.15, 0.2) is 18.2 Å². The van der Waals surface area contributed by atoms with Crippen molar-refractivity contribution in [3.8, 4) is 0 Å². The van der Waals surface area contributed by atoms with Gasteiger partial charge in [-0.15, -0.1) is 0 Å². The van der Waals surface area contributed by atoms with Crippen LogP contribution >= 0.6 is 0 Å². The normalized spacial score (nSPS) is 13.4. The van der Waals surface area contributed by atoms with Crippen LogP contribution < -0.4 is 5.32 Å². The topological polar surface area (TPSA) is 12.0 Å². The quantitative estimate of drug-likeness (QED) is 0.761. The summed E-state index contributed by atoms with van der Waals surface area (Å²) in [4.78, 5) is 0. The third-order valence-corrected chi connectivity index (χ3v) is 2.55. The van der Waals surface area contributed by atoms with E-state index in [1.807, 2.05) is 0 Å². The van der Waals surface area contributed by atoms with Gasteiger partial charge in [-0.05, 0) is 50.5 Å². The van der Waals surface area contributed by atoms with E-state index in [0.717, 1.165) is 5.56 Å². The van der Waals surface area contributed by atoms with Crippen LogP contribution in [0.1, 0.15) is 31.7 Å². The molecule has 0 saturated heterocycles. The second kappa shape index (κ2) is 6.07. The Labute approximate surface area is 104 Å². The van der Waals surface area contributed by atoms with Gasteiger partial charge in [-0.1, -0.05) is 0 Å². The molecule has 0 bridgehead atoms. The highest BCUT2D eigenvalue weighted by Crippen LogP contribution is 2.23. The van der Waals surface area contributed by atoms with Crippen molar-refractivity contribution in [2.75, 3.05) is 5.32 Å². The molecule has 18 heavy (non-hydrogen) atoms. The van der Waals surface area contributed by atoms with Crippen molar-refractivity contribution < 1.29 is 17.6 Å². The number of alkyl halides is 3. The molecule has 0 aromatic heterocycles. The first-order valence-corrected chi connectivity index (χ1v) is 5.87. The summed E-state index contributed by atoms with van der Waals surface area (Å²) >= 11 is 0. The number of anilines is 1. The van der Waals surface area contributed by atoms with Crippen molar-refractivity contribution in [1.82, 2.24) is 0 Å². The molecule has 0 saturated carbocycles. The highest BCUT2D eigenvalue weighted by Gasteiger charge is 2.26. The van der Waals surface area contributed by atoms with Crippen molar-refractivity contribution in [2.45, 2.75) is 45.3 Å². The van der Waals surface area contributed by atoms with Gasteiger partial charge in [-0.3, -0.25) is 0 Å². The largest absolute Gasteiger partial charge is 0.389 e. The number of aryl methyl sites for hydroxylation is 1. The average molecular weight is 263 g/mol. The van der Waals surface area contributed by atoms with E-state index in [1.165, 1.54) is 12.1 Å². The van der Waals surface area contributed by atoms with E-state index < -0.39 is 12.6 Å². The number of halogens is 4. The number of nitrogens with one attached hydrogen (secondary N) is 1. The fourth-order valence-electron chi connectivity index (χ4n) is 1.79. The number of hydrogen-bond acceptors (Lipinski definition) is 1. The molecular weight excluding hydrogens is 246 g/mol. The zero-order valence-corrected chi connectivity index (χ0v) is 10.4. The molecule has 0 aliphatic heterocycles. The Hall–Kier alpha value is -1.26. The lowest BCUT2D eigenvalue weighted by molar-refractivity contribution is -0.135. The highest BCUT2D eigenvalue weighted by molar-refractivity contribution is 5.46. The minimum absolute atomic E-state index is 0.0754. The van der Waals surface area contributed by atoms with Gasteiger partial charge in [0.05, 0.1) is 0 Å². The van der Waals surface area contributed by atoms with Crippen molar-refractivity contribution in [2.24, 2.45) is 0 Å². The molecule has 0 aliphatic carbocycles. The maximum absolute atomic E-state index is 13.1. The Morgan fingerprint density at radius 1 is 1.22 bits per heavy atom. The molecule has 1 N–H and O–H groups in total. The van der Waals surface area contributed by atoms with Gasteiger partial charge in [-0.25, -0.2) is 4.39 Å². The number of benzene rings is 1.